The third-order valence-corrected chi connectivity index (χ3v) is 3.26. The highest BCUT2D eigenvalue weighted by molar-refractivity contribution is 7.98. The first-order chi connectivity index (χ1) is 8.24. The molecular formula is C13H9ClN2S. The molecule has 2 nitrogen and oxygen atoms in total. The second-order valence-electron chi connectivity index (χ2n) is 3.37. The largest absolute Gasteiger partial charge is 0.240 e. The quantitative estimate of drug-likeness (QED) is 0.766. The molecule has 84 valence electrons. The summed E-state index contributed by atoms with van der Waals surface area (Å²) in [5.74, 6) is 0. The van der Waals surface area contributed by atoms with Gasteiger partial charge in [0.15, 0.2) is 0 Å². The third kappa shape index (κ3) is 2.60. The van der Waals surface area contributed by atoms with E-state index < -0.39 is 0 Å². The van der Waals surface area contributed by atoms with Crippen LogP contribution in [0.25, 0.3) is 11.3 Å². The Morgan fingerprint density at radius 3 is 2.47 bits per heavy atom. The molecule has 0 saturated heterocycles. The molecule has 0 bridgehead atoms. The minimum absolute atomic E-state index is 0.607. The Kier molecular flexibility index (Phi) is 3.68. The smallest absolute Gasteiger partial charge is 0.114 e. The molecule has 2 rings (SSSR count). The lowest BCUT2D eigenvalue weighted by atomic mass is 10.1. The van der Waals surface area contributed by atoms with Crippen molar-refractivity contribution in [2.75, 3.05) is 6.26 Å². The van der Waals surface area contributed by atoms with Crippen LogP contribution in [-0.4, -0.2) is 11.2 Å². The highest BCUT2D eigenvalue weighted by Gasteiger charge is 2.05. The zero-order valence-electron chi connectivity index (χ0n) is 9.14. The molecule has 0 fully saturated rings. The van der Waals surface area contributed by atoms with Crippen LogP contribution >= 0.6 is 23.4 Å². The zero-order chi connectivity index (χ0) is 12.3. The molecule has 1 heterocycles. The van der Waals surface area contributed by atoms with E-state index in [1.165, 1.54) is 11.8 Å². The summed E-state index contributed by atoms with van der Waals surface area (Å²) in [5, 5.41) is 10.4. The molecule has 0 aliphatic rings. The molecule has 0 unspecified atom stereocenters. The molecule has 1 aromatic heterocycles. The van der Waals surface area contributed by atoms with Crippen molar-refractivity contribution in [1.82, 2.24) is 4.98 Å². The van der Waals surface area contributed by atoms with Crippen LogP contribution in [0.4, 0.5) is 0 Å². The molecule has 4 heteroatoms. The molecule has 0 aliphatic carbocycles. The number of benzene rings is 1. The van der Waals surface area contributed by atoms with Crippen molar-refractivity contribution in [2.45, 2.75) is 5.03 Å². The van der Waals surface area contributed by atoms with Gasteiger partial charge in [0.05, 0.1) is 11.3 Å². The van der Waals surface area contributed by atoms with Crippen LogP contribution in [0, 0.1) is 11.3 Å². The molecule has 17 heavy (non-hydrogen) atoms. The summed E-state index contributed by atoms with van der Waals surface area (Å²) in [6.07, 6.45) is 1.91. The van der Waals surface area contributed by atoms with Crippen molar-refractivity contribution >= 4 is 23.4 Å². The Bertz CT molecular complexity index is 573. The maximum absolute atomic E-state index is 8.93. The number of aromatic nitrogens is 1. The molecule has 0 amide bonds. The number of rotatable bonds is 2. The lowest BCUT2D eigenvalue weighted by Gasteiger charge is -2.04. The first kappa shape index (κ1) is 12.0. The fourth-order valence-corrected chi connectivity index (χ4v) is 2.11. The molecule has 0 radical (unpaired) electrons. The summed E-state index contributed by atoms with van der Waals surface area (Å²) in [6.45, 7) is 0. The van der Waals surface area contributed by atoms with Gasteiger partial charge in [-0.25, -0.2) is 4.98 Å². The standard InChI is InChI=1S/C13H9ClN2S/c1-17-13-10(8-15)4-7-12(16-13)9-2-5-11(14)6-3-9/h2-7H,1H3. The number of thioether (sulfide) groups is 1. The van der Waals surface area contributed by atoms with Gasteiger partial charge in [0.1, 0.15) is 11.1 Å². The summed E-state index contributed by atoms with van der Waals surface area (Å²) in [7, 11) is 0. The number of halogens is 1. The van der Waals surface area contributed by atoms with E-state index in [2.05, 4.69) is 11.1 Å². The van der Waals surface area contributed by atoms with Crippen LogP contribution in [-0.2, 0) is 0 Å². The normalized spacial score (nSPS) is 9.94. The summed E-state index contributed by atoms with van der Waals surface area (Å²) in [6, 6.07) is 13.3. The van der Waals surface area contributed by atoms with Crippen LogP contribution in [0.2, 0.25) is 5.02 Å². The second kappa shape index (κ2) is 5.22. The topological polar surface area (TPSA) is 36.7 Å². The Balaban J connectivity index is 2.47. The highest BCUT2D eigenvalue weighted by Crippen LogP contribution is 2.24. The van der Waals surface area contributed by atoms with Crippen molar-refractivity contribution in [2.24, 2.45) is 0 Å². The molecule has 1 aromatic carbocycles. The van der Waals surface area contributed by atoms with E-state index in [-0.39, 0.29) is 0 Å². The van der Waals surface area contributed by atoms with Gasteiger partial charge in [-0.05, 0) is 30.5 Å². The molecule has 0 atom stereocenters. The zero-order valence-corrected chi connectivity index (χ0v) is 10.7. The minimum Gasteiger partial charge on any atom is -0.240 e. The van der Waals surface area contributed by atoms with Gasteiger partial charge >= 0.3 is 0 Å². The Hall–Kier alpha value is -1.50. The number of pyridine rings is 1. The summed E-state index contributed by atoms with van der Waals surface area (Å²) in [4.78, 5) is 4.46. The molecular weight excluding hydrogens is 252 g/mol. The van der Waals surface area contributed by atoms with Crippen LogP contribution in [0.3, 0.4) is 0 Å². The van der Waals surface area contributed by atoms with Crippen molar-refractivity contribution in [1.29, 1.82) is 5.26 Å². The second-order valence-corrected chi connectivity index (χ2v) is 4.60. The number of nitriles is 1. The summed E-state index contributed by atoms with van der Waals surface area (Å²) in [5.41, 5.74) is 2.45. The van der Waals surface area contributed by atoms with Gasteiger partial charge < -0.3 is 0 Å². The Morgan fingerprint density at radius 2 is 1.88 bits per heavy atom. The van der Waals surface area contributed by atoms with E-state index in [1.54, 1.807) is 6.07 Å². The monoisotopic (exact) mass is 260 g/mol. The van der Waals surface area contributed by atoms with Gasteiger partial charge in [0.2, 0.25) is 0 Å². The Morgan fingerprint density at radius 1 is 1.18 bits per heavy atom. The van der Waals surface area contributed by atoms with Crippen LogP contribution in [0.1, 0.15) is 5.56 Å². The summed E-state index contributed by atoms with van der Waals surface area (Å²) < 4.78 is 0. The van der Waals surface area contributed by atoms with Gasteiger partial charge in [0, 0.05) is 10.6 Å². The van der Waals surface area contributed by atoms with E-state index >= 15 is 0 Å². The Labute approximate surface area is 109 Å². The number of hydrogen-bond acceptors (Lipinski definition) is 3. The van der Waals surface area contributed by atoms with Gasteiger partial charge in [-0.3, -0.25) is 0 Å². The fraction of sp³-hybridized carbons (Fsp3) is 0.0769. The van der Waals surface area contributed by atoms with E-state index in [9.17, 15) is 0 Å². The minimum atomic E-state index is 0.607. The molecule has 0 saturated carbocycles. The van der Waals surface area contributed by atoms with Crippen LogP contribution in [0.5, 0.6) is 0 Å². The SMILES string of the molecule is CSc1nc(-c2ccc(Cl)cc2)ccc1C#N. The van der Waals surface area contributed by atoms with E-state index in [0.29, 0.717) is 10.6 Å². The van der Waals surface area contributed by atoms with Crippen molar-refractivity contribution in [3.05, 3.63) is 47.0 Å². The predicted octanol–water partition coefficient (Wildman–Crippen LogP) is 4.00. The van der Waals surface area contributed by atoms with Crippen molar-refractivity contribution < 1.29 is 0 Å². The molecule has 0 spiro atoms. The maximum Gasteiger partial charge on any atom is 0.114 e. The maximum atomic E-state index is 8.93. The molecule has 0 N–H and O–H groups in total. The first-order valence-electron chi connectivity index (χ1n) is 4.95. The molecule has 2 aromatic rings. The number of hydrogen-bond donors (Lipinski definition) is 0. The number of nitrogens with zero attached hydrogens (tertiary/aromatic N) is 2. The lowest BCUT2D eigenvalue weighted by molar-refractivity contribution is 1.12. The van der Waals surface area contributed by atoms with Crippen molar-refractivity contribution in [3.8, 4) is 17.3 Å². The van der Waals surface area contributed by atoms with E-state index in [1.807, 2.05) is 36.6 Å². The molecule has 0 aliphatic heterocycles. The van der Waals surface area contributed by atoms with Crippen LogP contribution < -0.4 is 0 Å². The van der Waals surface area contributed by atoms with Gasteiger partial charge in [-0.2, -0.15) is 5.26 Å². The average molecular weight is 261 g/mol. The first-order valence-corrected chi connectivity index (χ1v) is 6.56. The highest BCUT2D eigenvalue weighted by atomic mass is 35.5. The van der Waals surface area contributed by atoms with Gasteiger partial charge in [-0.15, -0.1) is 11.8 Å². The van der Waals surface area contributed by atoms with Crippen LogP contribution in [0.15, 0.2) is 41.4 Å². The van der Waals surface area contributed by atoms with E-state index in [4.69, 9.17) is 16.9 Å². The average Bonchev–Trinajstić information content (AvgIpc) is 2.39. The fourth-order valence-electron chi connectivity index (χ4n) is 1.46. The van der Waals surface area contributed by atoms with E-state index in [0.717, 1.165) is 16.3 Å². The van der Waals surface area contributed by atoms with Gasteiger partial charge in [-0.1, -0.05) is 23.7 Å². The lowest BCUT2D eigenvalue weighted by Crippen LogP contribution is -1.89. The third-order valence-electron chi connectivity index (χ3n) is 2.31. The predicted molar refractivity (Wildman–Crippen MR) is 71.2 cm³/mol. The summed E-state index contributed by atoms with van der Waals surface area (Å²) >= 11 is 7.31. The van der Waals surface area contributed by atoms with Crippen molar-refractivity contribution in [3.63, 3.8) is 0 Å². The van der Waals surface area contributed by atoms with Gasteiger partial charge in [0.25, 0.3) is 0 Å².